The summed E-state index contributed by atoms with van der Waals surface area (Å²) >= 11 is 5.97. The molecule has 1 amide bonds. The van der Waals surface area contributed by atoms with E-state index in [1.165, 1.54) is 0 Å². The van der Waals surface area contributed by atoms with Gasteiger partial charge in [-0.2, -0.15) is 5.21 Å². The number of H-pyrrole nitrogens is 1. The van der Waals surface area contributed by atoms with Crippen molar-refractivity contribution in [1.82, 2.24) is 25.9 Å². The van der Waals surface area contributed by atoms with Crippen LogP contribution in [0.1, 0.15) is 37.2 Å². The number of amides is 1. The highest BCUT2D eigenvalue weighted by Gasteiger charge is 2.19. The number of hydrogen-bond donors (Lipinski definition) is 2. The van der Waals surface area contributed by atoms with Crippen molar-refractivity contribution in [3.8, 4) is 5.75 Å². The lowest BCUT2D eigenvalue weighted by Crippen LogP contribution is -2.30. The van der Waals surface area contributed by atoms with Gasteiger partial charge in [0.15, 0.2) is 5.82 Å². The van der Waals surface area contributed by atoms with Crippen LogP contribution in [0.25, 0.3) is 0 Å². The first-order chi connectivity index (χ1) is 10.6. The Bertz CT molecular complexity index is 618. The Labute approximate surface area is 133 Å². The van der Waals surface area contributed by atoms with E-state index in [2.05, 4.69) is 25.9 Å². The third-order valence-electron chi connectivity index (χ3n) is 3.18. The van der Waals surface area contributed by atoms with Crippen molar-refractivity contribution in [1.29, 1.82) is 0 Å². The molecule has 0 aliphatic heterocycles. The Kier molecular flexibility index (Phi) is 5.71. The molecule has 2 aromatic rings. The second-order valence-electron chi connectivity index (χ2n) is 4.81. The molecule has 0 aliphatic carbocycles. The fraction of sp³-hybridized carbons (Fsp3) is 0.429. The average Bonchev–Trinajstić information content (AvgIpc) is 3.01. The molecule has 2 N–H and O–H groups in total. The number of tetrazole rings is 1. The third kappa shape index (κ3) is 4.17. The van der Waals surface area contributed by atoms with Crippen molar-refractivity contribution in [2.45, 2.75) is 32.2 Å². The molecule has 7 nitrogen and oxygen atoms in total. The Morgan fingerprint density at radius 2 is 2.32 bits per heavy atom. The molecule has 0 radical (unpaired) electrons. The van der Waals surface area contributed by atoms with E-state index >= 15 is 0 Å². The highest BCUT2D eigenvalue weighted by molar-refractivity contribution is 6.30. The van der Waals surface area contributed by atoms with Crippen molar-refractivity contribution in [2.24, 2.45) is 0 Å². The minimum absolute atomic E-state index is 0.149. The van der Waals surface area contributed by atoms with Crippen LogP contribution in [0.5, 0.6) is 5.75 Å². The maximum absolute atomic E-state index is 12.3. The van der Waals surface area contributed by atoms with Gasteiger partial charge in [-0.25, -0.2) is 0 Å². The number of nitrogens with one attached hydrogen (secondary N) is 2. The molecule has 1 aromatic carbocycles. The fourth-order valence-electron chi connectivity index (χ4n) is 2.18. The van der Waals surface area contributed by atoms with Crippen LogP contribution in [-0.2, 0) is 11.2 Å². The average molecular weight is 324 g/mol. The van der Waals surface area contributed by atoms with Gasteiger partial charge in [0.25, 0.3) is 0 Å². The Morgan fingerprint density at radius 3 is 2.95 bits per heavy atom. The lowest BCUT2D eigenvalue weighted by molar-refractivity contribution is -0.121. The summed E-state index contributed by atoms with van der Waals surface area (Å²) in [6, 6.07) is 4.93. The van der Waals surface area contributed by atoms with Crippen LogP contribution in [0.2, 0.25) is 5.02 Å². The minimum Gasteiger partial charge on any atom is -0.496 e. The molecule has 0 saturated heterocycles. The molecule has 0 aliphatic rings. The summed E-state index contributed by atoms with van der Waals surface area (Å²) < 4.78 is 5.25. The van der Waals surface area contributed by atoms with Crippen LogP contribution >= 0.6 is 11.6 Å². The van der Waals surface area contributed by atoms with Crippen LogP contribution in [0.4, 0.5) is 0 Å². The van der Waals surface area contributed by atoms with Gasteiger partial charge < -0.3 is 10.1 Å². The lowest BCUT2D eigenvalue weighted by Gasteiger charge is -2.15. The van der Waals surface area contributed by atoms with Crippen molar-refractivity contribution in [3.63, 3.8) is 0 Å². The highest BCUT2D eigenvalue weighted by atomic mass is 35.5. The van der Waals surface area contributed by atoms with Crippen LogP contribution in [0, 0.1) is 0 Å². The zero-order valence-corrected chi connectivity index (χ0v) is 13.2. The summed E-state index contributed by atoms with van der Waals surface area (Å²) in [5, 5.41) is 17.3. The predicted molar refractivity (Wildman–Crippen MR) is 81.7 cm³/mol. The number of nitrogens with zero attached hydrogens (tertiary/aromatic N) is 3. The van der Waals surface area contributed by atoms with Gasteiger partial charge in [0.05, 0.1) is 19.6 Å². The van der Waals surface area contributed by atoms with Crippen LogP contribution < -0.4 is 10.1 Å². The third-order valence-corrected chi connectivity index (χ3v) is 3.41. The SMILES string of the molecule is CCC[C@@H](NC(=O)Cc1cc(Cl)ccc1OC)c1nn[nH]n1. The summed E-state index contributed by atoms with van der Waals surface area (Å²) in [7, 11) is 1.56. The second kappa shape index (κ2) is 7.74. The van der Waals surface area contributed by atoms with Gasteiger partial charge >= 0.3 is 0 Å². The molecule has 118 valence electrons. The number of methoxy groups -OCH3 is 1. The normalized spacial score (nSPS) is 12.0. The number of ether oxygens (including phenoxy) is 1. The largest absolute Gasteiger partial charge is 0.496 e. The number of carbonyl (C=O) groups is 1. The molecule has 0 saturated carbocycles. The minimum atomic E-state index is -0.263. The first-order valence-electron chi connectivity index (χ1n) is 6.99. The van der Waals surface area contributed by atoms with Gasteiger partial charge in [0.2, 0.25) is 5.91 Å². The monoisotopic (exact) mass is 323 g/mol. The van der Waals surface area contributed by atoms with Gasteiger partial charge in [-0.1, -0.05) is 30.2 Å². The number of hydrogen-bond acceptors (Lipinski definition) is 5. The molecule has 0 spiro atoms. The number of halogens is 1. The second-order valence-corrected chi connectivity index (χ2v) is 5.25. The fourth-order valence-corrected chi connectivity index (χ4v) is 2.37. The number of rotatable bonds is 7. The van der Waals surface area contributed by atoms with E-state index < -0.39 is 0 Å². The molecule has 1 atom stereocenters. The van der Waals surface area contributed by atoms with Gasteiger partial charge in [-0.05, 0) is 24.6 Å². The first kappa shape index (κ1) is 16.2. The van der Waals surface area contributed by atoms with Crippen LogP contribution in [-0.4, -0.2) is 33.6 Å². The van der Waals surface area contributed by atoms with E-state index in [1.807, 2.05) is 6.92 Å². The summed E-state index contributed by atoms with van der Waals surface area (Å²) in [6.45, 7) is 2.03. The van der Waals surface area contributed by atoms with Crippen LogP contribution in [0.3, 0.4) is 0 Å². The predicted octanol–water partition coefficient (Wildman–Crippen LogP) is 2.06. The quantitative estimate of drug-likeness (QED) is 0.813. The molecule has 0 fully saturated rings. The highest BCUT2D eigenvalue weighted by Crippen LogP contribution is 2.23. The molecular formula is C14H18ClN5O2. The van der Waals surface area contributed by atoms with Crippen molar-refractivity contribution in [3.05, 3.63) is 34.6 Å². The van der Waals surface area contributed by atoms with Gasteiger partial charge in [0.1, 0.15) is 5.75 Å². The number of carbonyl (C=O) groups excluding carboxylic acids is 1. The smallest absolute Gasteiger partial charge is 0.225 e. The Hall–Kier alpha value is -2.15. The summed E-state index contributed by atoms with van der Waals surface area (Å²) in [5.74, 6) is 0.961. The number of aromatic nitrogens is 4. The van der Waals surface area contributed by atoms with E-state index in [9.17, 15) is 4.79 Å². The maximum Gasteiger partial charge on any atom is 0.225 e. The van der Waals surface area contributed by atoms with E-state index in [4.69, 9.17) is 16.3 Å². The van der Waals surface area contributed by atoms with E-state index in [-0.39, 0.29) is 18.4 Å². The summed E-state index contributed by atoms with van der Waals surface area (Å²) in [4.78, 5) is 12.3. The molecular weight excluding hydrogens is 306 g/mol. The van der Waals surface area contributed by atoms with Crippen molar-refractivity contribution >= 4 is 17.5 Å². The van der Waals surface area contributed by atoms with Gasteiger partial charge in [-0.3, -0.25) is 4.79 Å². The van der Waals surface area contributed by atoms with E-state index in [0.717, 1.165) is 18.4 Å². The van der Waals surface area contributed by atoms with E-state index in [0.29, 0.717) is 16.6 Å². The zero-order chi connectivity index (χ0) is 15.9. The first-order valence-corrected chi connectivity index (χ1v) is 7.37. The van der Waals surface area contributed by atoms with Gasteiger partial charge in [0, 0.05) is 10.6 Å². The molecule has 2 rings (SSSR count). The standard InChI is InChI=1S/C14H18ClN5O2/c1-3-4-11(14-17-19-20-18-14)16-13(21)8-9-7-10(15)5-6-12(9)22-2/h5-7,11H,3-4,8H2,1-2H3,(H,16,21)(H,17,18,19,20)/t11-/m1/s1. The zero-order valence-electron chi connectivity index (χ0n) is 12.5. The molecule has 1 heterocycles. The maximum atomic E-state index is 12.3. The molecule has 0 unspecified atom stereocenters. The molecule has 0 bridgehead atoms. The molecule has 8 heteroatoms. The van der Waals surface area contributed by atoms with Gasteiger partial charge in [-0.15, -0.1) is 10.2 Å². The topological polar surface area (TPSA) is 92.8 Å². The van der Waals surface area contributed by atoms with E-state index in [1.54, 1.807) is 25.3 Å². The lowest BCUT2D eigenvalue weighted by atomic mass is 10.1. The Balaban J connectivity index is 2.07. The van der Waals surface area contributed by atoms with Crippen molar-refractivity contribution in [2.75, 3.05) is 7.11 Å². The summed E-state index contributed by atoms with van der Waals surface area (Å²) in [5.41, 5.74) is 0.732. The molecule has 1 aromatic heterocycles. The van der Waals surface area contributed by atoms with Crippen LogP contribution in [0.15, 0.2) is 18.2 Å². The molecule has 22 heavy (non-hydrogen) atoms. The summed E-state index contributed by atoms with van der Waals surface area (Å²) in [6.07, 6.45) is 1.79. The Morgan fingerprint density at radius 1 is 1.50 bits per heavy atom. The number of aromatic amines is 1. The van der Waals surface area contributed by atoms with Crippen molar-refractivity contribution < 1.29 is 9.53 Å². The number of benzene rings is 1.